The summed E-state index contributed by atoms with van der Waals surface area (Å²) in [6, 6.07) is 0. The Morgan fingerprint density at radius 2 is 2.20 bits per heavy atom. The number of hydrogen-bond acceptors (Lipinski definition) is 2. The van der Waals surface area contributed by atoms with Crippen molar-refractivity contribution >= 4 is 6.21 Å². The fourth-order valence-corrected chi connectivity index (χ4v) is 0.397. The van der Waals surface area contributed by atoms with E-state index < -0.39 is 0 Å². The second-order valence-corrected chi connectivity index (χ2v) is 2.56. The van der Waals surface area contributed by atoms with Crippen molar-refractivity contribution in [1.29, 1.82) is 0 Å². The minimum absolute atomic E-state index is 0.363. The molecule has 0 bridgehead atoms. The van der Waals surface area contributed by atoms with Crippen molar-refractivity contribution in [2.24, 2.45) is 11.1 Å². The van der Waals surface area contributed by atoms with Gasteiger partial charge in [0.05, 0.1) is 0 Å². The van der Waals surface area contributed by atoms with E-state index in [1.807, 2.05) is 13.8 Å². The number of nitrogens with zero attached hydrogens (tertiary/aromatic N) is 1. The Hall–Kier alpha value is -0.530. The third-order valence-corrected chi connectivity index (χ3v) is 0.965. The van der Waals surface area contributed by atoms with E-state index >= 15 is 0 Å². The highest BCUT2D eigenvalue weighted by molar-refractivity contribution is 5.58. The molecule has 59 valence electrons. The largest absolute Gasteiger partial charge is 0.396 e. The number of unbranched alkanes of at least 4 members (excludes halogenated alkanes) is 1. The van der Waals surface area contributed by atoms with Crippen LogP contribution in [0.3, 0.4) is 0 Å². The van der Waals surface area contributed by atoms with Crippen molar-refractivity contribution in [3.63, 3.8) is 0 Å². The van der Waals surface area contributed by atoms with Gasteiger partial charge in [-0.1, -0.05) is 32.3 Å². The van der Waals surface area contributed by atoms with Gasteiger partial charge in [0, 0.05) is 5.92 Å². The molecule has 0 aromatic heterocycles. The topological polar surface area (TPSA) is 21.6 Å². The van der Waals surface area contributed by atoms with Gasteiger partial charge in [-0.15, -0.1) is 0 Å². The lowest BCUT2D eigenvalue weighted by atomic mass is 10.3. The Morgan fingerprint density at radius 3 is 2.70 bits per heavy atom. The van der Waals surface area contributed by atoms with Crippen LogP contribution in [0.25, 0.3) is 0 Å². The second kappa shape index (κ2) is 6.59. The highest BCUT2D eigenvalue weighted by Crippen LogP contribution is 1.89. The van der Waals surface area contributed by atoms with Crippen LogP contribution in [-0.2, 0) is 4.84 Å². The molecule has 0 aliphatic heterocycles. The molecule has 0 rings (SSSR count). The molecule has 2 nitrogen and oxygen atoms in total. The molecular formula is C8H16NO. The summed E-state index contributed by atoms with van der Waals surface area (Å²) in [5.74, 6) is 0.363. The molecule has 0 saturated carbocycles. The molecule has 0 unspecified atom stereocenters. The summed E-state index contributed by atoms with van der Waals surface area (Å²) in [6.45, 7) is 6.88. The van der Waals surface area contributed by atoms with Gasteiger partial charge in [0.1, 0.15) is 12.8 Å². The zero-order valence-corrected chi connectivity index (χ0v) is 7.05. The van der Waals surface area contributed by atoms with E-state index in [1.54, 1.807) is 0 Å². The van der Waals surface area contributed by atoms with E-state index in [2.05, 4.69) is 18.3 Å². The standard InChI is InChI=1S/C8H16NO/c1-4-5-6-10-9-7-8(2)3/h8H,4-6H2,1-3H3. The van der Waals surface area contributed by atoms with Gasteiger partial charge >= 0.3 is 0 Å². The highest BCUT2D eigenvalue weighted by Gasteiger charge is 1.86. The van der Waals surface area contributed by atoms with Crippen molar-refractivity contribution in [2.75, 3.05) is 6.61 Å². The normalized spacial score (nSPS) is 11.2. The maximum absolute atomic E-state index is 4.90. The molecule has 0 amide bonds. The van der Waals surface area contributed by atoms with E-state index in [9.17, 15) is 0 Å². The molecule has 0 aromatic carbocycles. The van der Waals surface area contributed by atoms with E-state index in [0.29, 0.717) is 5.92 Å². The van der Waals surface area contributed by atoms with Crippen LogP contribution in [0, 0.1) is 5.92 Å². The molecule has 0 spiro atoms. The zero-order chi connectivity index (χ0) is 7.82. The van der Waals surface area contributed by atoms with Crippen LogP contribution in [0.1, 0.15) is 33.6 Å². The summed E-state index contributed by atoms with van der Waals surface area (Å²) in [6.07, 6.45) is 5.03. The number of hydrogen-bond donors (Lipinski definition) is 0. The van der Waals surface area contributed by atoms with E-state index in [1.165, 1.54) is 0 Å². The molecule has 2 heteroatoms. The first-order valence-corrected chi connectivity index (χ1v) is 3.85. The molecule has 0 N–H and O–H groups in total. The minimum atomic E-state index is 0.363. The SMILES string of the molecule is CCCCO/N=[C]\C(C)C. The monoisotopic (exact) mass is 142 g/mol. The maximum atomic E-state index is 4.90. The average Bonchev–Trinajstić information content (AvgIpc) is 1.87. The number of rotatable bonds is 5. The van der Waals surface area contributed by atoms with E-state index in [4.69, 9.17) is 4.84 Å². The van der Waals surface area contributed by atoms with Gasteiger partial charge in [0.15, 0.2) is 0 Å². The van der Waals surface area contributed by atoms with E-state index in [-0.39, 0.29) is 0 Å². The van der Waals surface area contributed by atoms with Crippen molar-refractivity contribution < 1.29 is 4.84 Å². The van der Waals surface area contributed by atoms with Crippen LogP contribution in [0.2, 0.25) is 0 Å². The van der Waals surface area contributed by atoms with Gasteiger partial charge in [0.25, 0.3) is 0 Å². The van der Waals surface area contributed by atoms with Gasteiger partial charge < -0.3 is 4.84 Å². The van der Waals surface area contributed by atoms with Crippen molar-refractivity contribution in [2.45, 2.75) is 33.6 Å². The van der Waals surface area contributed by atoms with Crippen LogP contribution in [0.15, 0.2) is 5.16 Å². The summed E-state index contributed by atoms with van der Waals surface area (Å²) in [7, 11) is 0. The Kier molecular flexibility index (Phi) is 6.24. The van der Waals surface area contributed by atoms with Crippen molar-refractivity contribution in [3.05, 3.63) is 0 Å². The summed E-state index contributed by atoms with van der Waals surface area (Å²) < 4.78 is 0. The van der Waals surface area contributed by atoms with Crippen molar-refractivity contribution in [1.82, 2.24) is 0 Å². The molecule has 0 saturated heterocycles. The van der Waals surface area contributed by atoms with Gasteiger partial charge in [0.2, 0.25) is 0 Å². The smallest absolute Gasteiger partial charge is 0.117 e. The quantitative estimate of drug-likeness (QED) is 0.328. The van der Waals surface area contributed by atoms with Crippen LogP contribution in [0.5, 0.6) is 0 Å². The second-order valence-electron chi connectivity index (χ2n) is 2.56. The predicted molar refractivity (Wildman–Crippen MR) is 43.1 cm³/mol. The van der Waals surface area contributed by atoms with Crippen molar-refractivity contribution in [3.8, 4) is 0 Å². The summed E-state index contributed by atoms with van der Waals surface area (Å²) in [4.78, 5) is 4.90. The third kappa shape index (κ3) is 7.47. The Labute approximate surface area is 63.3 Å². The van der Waals surface area contributed by atoms with Crippen LogP contribution in [0.4, 0.5) is 0 Å². The fourth-order valence-electron chi connectivity index (χ4n) is 0.397. The maximum Gasteiger partial charge on any atom is 0.117 e. The highest BCUT2D eigenvalue weighted by atomic mass is 16.6. The summed E-state index contributed by atoms with van der Waals surface area (Å²) in [5.41, 5.74) is 0. The lowest BCUT2D eigenvalue weighted by molar-refractivity contribution is 0.141. The zero-order valence-electron chi connectivity index (χ0n) is 7.05. The molecule has 0 fully saturated rings. The molecule has 0 aliphatic rings. The van der Waals surface area contributed by atoms with E-state index in [0.717, 1.165) is 19.4 Å². The fraction of sp³-hybridized carbons (Fsp3) is 0.875. The van der Waals surface area contributed by atoms with Gasteiger partial charge in [-0.25, -0.2) is 0 Å². The average molecular weight is 142 g/mol. The third-order valence-electron chi connectivity index (χ3n) is 0.965. The van der Waals surface area contributed by atoms with Crippen LogP contribution < -0.4 is 0 Å². The lowest BCUT2D eigenvalue weighted by Crippen LogP contribution is -1.91. The predicted octanol–water partition coefficient (Wildman–Crippen LogP) is 2.32. The van der Waals surface area contributed by atoms with Gasteiger partial charge in [-0.2, -0.15) is 0 Å². The summed E-state index contributed by atoms with van der Waals surface area (Å²) >= 11 is 0. The molecule has 0 aliphatic carbocycles. The minimum Gasteiger partial charge on any atom is -0.396 e. The Balaban J connectivity index is 3.02. The first-order chi connectivity index (χ1) is 4.77. The van der Waals surface area contributed by atoms with Crippen LogP contribution >= 0.6 is 0 Å². The molecule has 0 heterocycles. The Morgan fingerprint density at radius 1 is 1.50 bits per heavy atom. The lowest BCUT2D eigenvalue weighted by Gasteiger charge is -1.95. The summed E-state index contributed by atoms with van der Waals surface area (Å²) in [5, 5.41) is 3.66. The molecule has 1 radical (unpaired) electrons. The molecule has 0 atom stereocenters. The van der Waals surface area contributed by atoms with Gasteiger partial charge in [-0.3, -0.25) is 0 Å². The first kappa shape index (κ1) is 9.47. The first-order valence-electron chi connectivity index (χ1n) is 3.85. The molecule has 10 heavy (non-hydrogen) atoms. The van der Waals surface area contributed by atoms with Crippen LogP contribution in [-0.4, -0.2) is 12.8 Å². The molecular weight excluding hydrogens is 126 g/mol. The Bertz CT molecular complexity index is 89.3. The molecule has 0 aromatic rings. The van der Waals surface area contributed by atoms with Gasteiger partial charge in [-0.05, 0) is 6.42 Å².